The molecule has 0 aliphatic heterocycles. The van der Waals surface area contributed by atoms with Crippen LogP contribution in [0.1, 0.15) is 21.7 Å². The van der Waals surface area contributed by atoms with E-state index in [1.54, 1.807) is 12.1 Å². The van der Waals surface area contributed by atoms with Crippen molar-refractivity contribution in [3.63, 3.8) is 0 Å². The van der Waals surface area contributed by atoms with Crippen LogP contribution in [-0.4, -0.2) is 15.9 Å². The van der Waals surface area contributed by atoms with Crippen LogP contribution in [-0.2, 0) is 6.54 Å². The summed E-state index contributed by atoms with van der Waals surface area (Å²) >= 11 is 0. The lowest BCUT2D eigenvalue weighted by atomic mass is 10.2. The van der Waals surface area contributed by atoms with E-state index in [2.05, 4.69) is 15.3 Å². The van der Waals surface area contributed by atoms with Gasteiger partial charge in [0.1, 0.15) is 12.1 Å². The number of rotatable bonds is 3. The van der Waals surface area contributed by atoms with Crippen molar-refractivity contribution in [2.75, 3.05) is 0 Å². The van der Waals surface area contributed by atoms with Crippen molar-refractivity contribution in [2.45, 2.75) is 13.5 Å². The number of halogens is 1. The number of nitrogens with one attached hydrogen (secondary N) is 1. The average molecular weight is 245 g/mol. The Kier molecular flexibility index (Phi) is 3.62. The Balaban J connectivity index is 2.00. The van der Waals surface area contributed by atoms with Crippen LogP contribution in [0.4, 0.5) is 4.39 Å². The lowest BCUT2D eigenvalue weighted by Gasteiger charge is -2.05. The molecular weight excluding hydrogens is 233 g/mol. The standard InChI is InChI=1S/C13H12FN3O/c1-9-5-12(17-8-16-9)7-15-13(18)10-3-2-4-11(14)6-10/h2-6,8H,7H2,1H3,(H,15,18). The normalized spacial score (nSPS) is 10.1. The number of nitrogens with zero attached hydrogens (tertiary/aromatic N) is 2. The Labute approximate surface area is 104 Å². The molecule has 0 saturated heterocycles. The molecule has 0 atom stereocenters. The van der Waals surface area contributed by atoms with Gasteiger partial charge in [0.15, 0.2) is 0 Å². The molecule has 5 heteroatoms. The highest BCUT2D eigenvalue weighted by atomic mass is 19.1. The molecule has 1 heterocycles. The first-order chi connectivity index (χ1) is 8.65. The molecule has 0 radical (unpaired) electrons. The smallest absolute Gasteiger partial charge is 0.251 e. The summed E-state index contributed by atoms with van der Waals surface area (Å²) in [6, 6.07) is 7.33. The second-order valence-corrected chi connectivity index (χ2v) is 3.84. The second-order valence-electron chi connectivity index (χ2n) is 3.84. The van der Waals surface area contributed by atoms with Gasteiger partial charge in [0.05, 0.1) is 12.2 Å². The molecule has 1 aromatic heterocycles. The predicted molar refractivity (Wildman–Crippen MR) is 64.3 cm³/mol. The number of aryl methyl sites for hydroxylation is 1. The fraction of sp³-hybridized carbons (Fsp3) is 0.154. The molecule has 2 rings (SSSR count). The van der Waals surface area contributed by atoms with E-state index < -0.39 is 5.82 Å². The van der Waals surface area contributed by atoms with Gasteiger partial charge in [-0.2, -0.15) is 0 Å². The van der Waals surface area contributed by atoms with Gasteiger partial charge in [-0.25, -0.2) is 14.4 Å². The maximum atomic E-state index is 12.9. The third-order valence-electron chi connectivity index (χ3n) is 2.38. The Morgan fingerprint density at radius 1 is 1.33 bits per heavy atom. The minimum atomic E-state index is -0.430. The van der Waals surface area contributed by atoms with Crippen molar-refractivity contribution >= 4 is 5.91 Å². The summed E-state index contributed by atoms with van der Waals surface area (Å²) in [4.78, 5) is 19.7. The fourth-order valence-corrected chi connectivity index (χ4v) is 1.51. The minimum absolute atomic E-state index is 0.290. The van der Waals surface area contributed by atoms with Crippen molar-refractivity contribution in [1.82, 2.24) is 15.3 Å². The van der Waals surface area contributed by atoms with Crippen molar-refractivity contribution in [3.8, 4) is 0 Å². The first kappa shape index (κ1) is 12.2. The van der Waals surface area contributed by atoms with Crippen LogP contribution in [0, 0.1) is 12.7 Å². The number of hydrogen-bond acceptors (Lipinski definition) is 3. The zero-order valence-corrected chi connectivity index (χ0v) is 9.85. The Bertz CT molecular complexity index is 572. The highest BCUT2D eigenvalue weighted by Gasteiger charge is 2.06. The van der Waals surface area contributed by atoms with Crippen molar-refractivity contribution in [1.29, 1.82) is 0 Å². The summed E-state index contributed by atoms with van der Waals surface area (Å²) in [6.45, 7) is 2.14. The number of carbonyl (C=O) groups is 1. The zero-order chi connectivity index (χ0) is 13.0. The van der Waals surface area contributed by atoms with Crippen LogP contribution in [0.5, 0.6) is 0 Å². The highest BCUT2D eigenvalue weighted by Crippen LogP contribution is 2.04. The van der Waals surface area contributed by atoms with Gasteiger partial charge in [-0.1, -0.05) is 6.07 Å². The molecule has 0 fully saturated rings. The van der Waals surface area contributed by atoms with Crippen molar-refractivity contribution in [3.05, 3.63) is 59.4 Å². The second kappa shape index (κ2) is 5.35. The van der Waals surface area contributed by atoms with Crippen LogP contribution in [0.15, 0.2) is 36.7 Å². The van der Waals surface area contributed by atoms with E-state index in [4.69, 9.17) is 0 Å². The van der Waals surface area contributed by atoms with E-state index >= 15 is 0 Å². The minimum Gasteiger partial charge on any atom is -0.346 e. The Hall–Kier alpha value is -2.30. The van der Waals surface area contributed by atoms with Gasteiger partial charge in [-0.05, 0) is 31.2 Å². The van der Waals surface area contributed by atoms with Gasteiger partial charge in [-0.15, -0.1) is 0 Å². The topological polar surface area (TPSA) is 54.9 Å². The van der Waals surface area contributed by atoms with E-state index in [0.29, 0.717) is 17.8 Å². The van der Waals surface area contributed by atoms with E-state index in [-0.39, 0.29) is 5.91 Å². The molecule has 4 nitrogen and oxygen atoms in total. The van der Waals surface area contributed by atoms with Gasteiger partial charge in [0, 0.05) is 11.3 Å². The lowest BCUT2D eigenvalue weighted by Crippen LogP contribution is -2.23. The summed E-state index contributed by atoms with van der Waals surface area (Å²) < 4.78 is 12.9. The monoisotopic (exact) mass is 245 g/mol. The van der Waals surface area contributed by atoms with Crippen molar-refractivity contribution < 1.29 is 9.18 Å². The van der Waals surface area contributed by atoms with Crippen LogP contribution >= 0.6 is 0 Å². The maximum absolute atomic E-state index is 12.9. The SMILES string of the molecule is Cc1cc(CNC(=O)c2cccc(F)c2)ncn1. The molecule has 0 spiro atoms. The highest BCUT2D eigenvalue weighted by molar-refractivity contribution is 5.94. The number of hydrogen-bond donors (Lipinski definition) is 1. The predicted octanol–water partition coefficient (Wildman–Crippen LogP) is 1.85. The fourth-order valence-electron chi connectivity index (χ4n) is 1.51. The summed E-state index contributed by atoms with van der Waals surface area (Å²) in [6.07, 6.45) is 1.44. The molecule has 0 bridgehead atoms. The molecule has 0 saturated carbocycles. The van der Waals surface area contributed by atoms with Gasteiger partial charge in [0.2, 0.25) is 0 Å². The molecule has 2 aromatic rings. The summed E-state index contributed by atoms with van der Waals surface area (Å²) in [5.74, 6) is -0.758. The van der Waals surface area contributed by atoms with Crippen molar-refractivity contribution in [2.24, 2.45) is 0 Å². The number of amides is 1. The van der Waals surface area contributed by atoms with E-state index in [1.165, 1.54) is 24.5 Å². The number of aromatic nitrogens is 2. The molecule has 0 aliphatic rings. The van der Waals surface area contributed by atoms with Crippen LogP contribution in [0.3, 0.4) is 0 Å². The number of carbonyl (C=O) groups excluding carboxylic acids is 1. The van der Waals surface area contributed by atoms with E-state index in [9.17, 15) is 9.18 Å². The summed E-state index contributed by atoms with van der Waals surface area (Å²) in [7, 11) is 0. The quantitative estimate of drug-likeness (QED) is 0.897. The van der Waals surface area contributed by atoms with Crippen LogP contribution < -0.4 is 5.32 Å². The first-order valence-corrected chi connectivity index (χ1v) is 5.46. The van der Waals surface area contributed by atoms with E-state index in [1.807, 2.05) is 6.92 Å². The third kappa shape index (κ3) is 3.10. The van der Waals surface area contributed by atoms with Gasteiger partial charge in [-0.3, -0.25) is 4.79 Å². The molecule has 1 aromatic carbocycles. The molecule has 92 valence electrons. The Morgan fingerprint density at radius 3 is 2.89 bits per heavy atom. The third-order valence-corrected chi connectivity index (χ3v) is 2.38. The molecule has 0 aliphatic carbocycles. The van der Waals surface area contributed by atoms with E-state index in [0.717, 1.165) is 5.69 Å². The maximum Gasteiger partial charge on any atom is 0.251 e. The molecule has 0 unspecified atom stereocenters. The summed E-state index contributed by atoms with van der Waals surface area (Å²) in [5.41, 5.74) is 1.84. The van der Waals surface area contributed by atoms with Gasteiger partial charge >= 0.3 is 0 Å². The first-order valence-electron chi connectivity index (χ1n) is 5.46. The van der Waals surface area contributed by atoms with Gasteiger partial charge in [0.25, 0.3) is 5.91 Å². The van der Waals surface area contributed by atoms with Crippen LogP contribution in [0.25, 0.3) is 0 Å². The average Bonchev–Trinajstić information content (AvgIpc) is 2.36. The zero-order valence-electron chi connectivity index (χ0n) is 9.85. The lowest BCUT2D eigenvalue weighted by molar-refractivity contribution is 0.0950. The van der Waals surface area contributed by atoms with Crippen LogP contribution in [0.2, 0.25) is 0 Å². The molecule has 1 amide bonds. The van der Waals surface area contributed by atoms with Gasteiger partial charge < -0.3 is 5.32 Å². The summed E-state index contributed by atoms with van der Waals surface area (Å²) in [5, 5.41) is 2.67. The molecule has 1 N–H and O–H groups in total. The Morgan fingerprint density at radius 2 is 2.17 bits per heavy atom. The largest absolute Gasteiger partial charge is 0.346 e. The number of benzene rings is 1. The molecule has 18 heavy (non-hydrogen) atoms. The molecular formula is C13H12FN3O.